The Hall–Kier alpha value is -3.31. The van der Waals surface area contributed by atoms with Gasteiger partial charge < -0.3 is 15.1 Å². The maximum absolute atomic E-state index is 11.4. The fourth-order valence-electron chi connectivity index (χ4n) is 3.44. The number of benzene rings is 3. The first-order valence-electron chi connectivity index (χ1n) is 9.33. The fourth-order valence-corrected chi connectivity index (χ4v) is 4.16. The number of hydrogen-bond acceptors (Lipinski definition) is 4. The van der Waals surface area contributed by atoms with E-state index in [0.717, 1.165) is 28.4 Å². The first-order valence-corrected chi connectivity index (χ1v) is 10.1. The van der Waals surface area contributed by atoms with Gasteiger partial charge >= 0.3 is 5.88 Å². The lowest BCUT2D eigenvalue weighted by molar-refractivity contribution is -0.539. The van der Waals surface area contributed by atoms with Gasteiger partial charge in [-0.2, -0.15) is 0 Å². The zero-order chi connectivity index (χ0) is 20.4. The summed E-state index contributed by atoms with van der Waals surface area (Å²) in [5.74, 6) is 0.469. The summed E-state index contributed by atoms with van der Waals surface area (Å²) in [7, 11) is 0. The summed E-state index contributed by atoms with van der Waals surface area (Å²) in [6, 6.07) is 23.7. The van der Waals surface area contributed by atoms with E-state index in [-0.39, 0.29) is 5.88 Å². The van der Waals surface area contributed by atoms with Crippen LogP contribution in [0.3, 0.4) is 0 Å². The maximum atomic E-state index is 11.4. The molecule has 4 aromatic rings. The average molecular weight is 404 g/mol. The van der Waals surface area contributed by atoms with Crippen molar-refractivity contribution in [2.45, 2.75) is 20.5 Å². The average Bonchev–Trinajstić information content (AvgIpc) is 3.05. The van der Waals surface area contributed by atoms with Gasteiger partial charge in [-0.25, -0.2) is 0 Å². The molecule has 0 aliphatic rings. The van der Waals surface area contributed by atoms with E-state index in [1.807, 2.05) is 24.3 Å². The third-order valence-electron chi connectivity index (χ3n) is 4.87. The highest BCUT2D eigenvalue weighted by atomic mass is 32.1. The van der Waals surface area contributed by atoms with Gasteiger partial charge in [0.15, 0.2) is 11.5 Å². The van der Waals surface area contributed by atoms with Crippen LogP contribution < -0.4 is 8.86 Å². The number of aromatic nitrogens is 1. The largest absolute Gasteiger partial charge is 0.603 e. The molecule has 0 atom stereocenters. The Morgan fingerprint density at radius 3 is 2.24 bits per heavy atom. The van der Waals surface area contributed by atoms with E-state index in [9.17, 15) is 10.3 Å². The van der Waals surface area contributed by atoms with Crippen LogP contribution in [0.15, 0.2) is 72.8 Å². The van der Waals surface area contributed by atoms with E-state index in [1.54, 1.807) is 0 Å². The number of rotatable bonds is 5. The van der Waals surface area contributed by atoms with E-state index < -0.39 is 0 Å². The molecule has 3 aromatic carbocycles. The minimum absolute atomic E-state index is 0.283. The number of hydrogen-bond donors (Lipinski definition) is 1. The van der Waals surface area contributed by atoms with Crippen LogP contribution in [-0.4, -0.2) is 5.11 Å². The highest BCUT2D eigenvalue weighted by Gasteiger charge is 2.13. The Labute approximate surface area is 174 Å². The predicted molar refractivity (Wildman–Crippen MR) is 116 cm³/mol. The van der Waals surface area contributed by atoms with Crippen LogP contribution in [0.25, 0.3) is 21.6 Å². The van der Waals surface area contributed by atoms with Crippen LogP contribution in [0.2, 0.25) is 0 Å². The van der Waals surface area contributed by atoms with Crippen molar-refractivity contribution >= 4 is 11.5 Å². The van der Waals surface area contributed by atoms with Crippen LogP contribution in [0, 0.1) is 19.1 Å². The first-order chi connectivity index (χ1) is 14.0. The molecule has 0 bridgehead atoms. The molecule has 5 heteroatoms. The molecule has 0 saturated carbocycles. The van der Waals surface area contributed by atoms with Crippen molar-refractivity contribution in [3.63, 3.8) is 0 Å². The number of nitrogens with zero attached hydrogens (tertiary/aromatic N) is 1. The second kappa shape index (κ2) is 7.97. The Morgan fingerprint density at radius 1 is 0.897 bits per heavy atom. The summed E-state index contributed by atoms with van der Waals surface area (Å²) >= 11 is 0.956. The third kappa shape index (κ3) is 4.10. The summed E-state index contributed by atoms with van der Waals surface area (Å²) in [6.45, 7) is 4.74. The van der Waals surface area contributed by atoms with Crippen LogP contribution in [0.5, 0.6) is 11.6 Å². The number of aryl methyl sites for hydroxylation is 2. The summed E-state index contributed by atoms with van der Waals surface area (Å²) in [5, 5.41) is 20.8. The van der Waals surface area contributed by atoms with Crippen molar-refractivity contribution in [2.24, 2.45) is 0 Å². The lowest BCUT2D eigenvalue weighted by atomic mass is 9.95. The van der Waals surface area contributed by atoms with Gasteiger partial charge in [-0.3, -0.25) is 0 Å². The second-order valence-electron chi connectivity index (χ2n) is 7.00. The van der Waals surface area contributed by atoms with Crippen LogP contribution in [0.1, 0.15) is 16.7 Å². The quantitative estimate of drug-likeness (QED) is 0.348. The van der Waals surface area contributed by atoms with Gasteiger partial charge in [0.2, 0.25) is 0 Å². The molecule has 0 amide bonds. The molecule has 1 aromatic heterocycles. The van der Waals surface area contributed by atoms with Crippen molar-refractivity contribution in [2.75, 3.05) is 0 Å². The molecule has 0 radical (unpaired) electrons. The van der Waals surface area contributed by atoms with E-state index in [1.165, 1.54) is 28.3 Å². The van der Waals surface area contributed by atoms with Gasteiger partial charge in [0, 0.05) is 0 Å². The highest BCUT2D eigenvalue weighted by molar-refractivity contribution is 7.05. The molecule has 4 nitrogen and oxygen atoms in total. The molecule has 4 rings (SSSR count). The van der Waals surface area contributed by atoms with Gasteiger partial charge in [0.25, 0.3) is 0 Å². The zero-order valence-electron chi connectivity index (χ0n) is 16.3. The van der Waals surface area contributed by atoms with E-state index in [4.69, 9.17) is 4.74 Å². The SMILES string of the molecule is Cc1cccc(C)c1-c1cccc(COc2ccc(-c3cc(O)[n+]([O-])s3)cc2)c1. The summed E-state index contributed by atoms with van der Waals surface area (Å²) < 4.78 is 6.44. The number of aromatic hydroxyl groups is 1. The molecule has 0 fully saturated rings. The van der Waals surface area contributed by atoms with Crippen molar-refractivity contribution in [3.05, 3.63) is 94.7 Å². The van der Waals surface area contributed by atoms with Crippen LogP contribution in [0.4, 0.5) is 0 Å². The zero-order valence-corrected chi connectivity index (χ0v) is 17.1. The molecule has 0 spiro atoms. The molecule has 0 saturated heterocycles. The monoisotopic (exact) mass is 403 g/mol. The van der Waals surface area contributed by atoms with Crippen molar-refractivity contribution in [1.82, 2.24) is 0 Å². The molecular weight excluding hydrogens is 382 g/mol. The Kier molecular flexibility index (Phi) is 5.23. The van der Waals surface area contributed by atoms with E-state index in [0.29, 0.717) is 15.6 Å². The minimum atomic E-state index is -0.283. The van der Waals surface area contributed by atoms with Gasteiger partial charge in [0.05, 0.1) is 6.07 Å². The molecule has 1 heterocycles. The number of ether oxygens (including phenoxy) is 1. The van der Waals surface area contributed by atoms with Gasteiger partial charge in [0.1, 0.15) is 17.2 Å². The minimum Gasteiger partial charge on any atom is -0.603 e. The maximum Gasteiger partial charge on any atom is 0.392 e. The molecule has 0 aliphatic heterocycles. The van der Waals surface area contributed by atoms with Crippen molar-refractivity contribution in [3.8, 4) is 33.2 Å². The van der Waals surface area contributed by atoms with Gasteiger partial charge in [-0.1, -0.05) is 40.5 Å². The topological polar surface area (TPSA) is 56.4 Å². The Morgan fingerprint density at radius 2 is 1.59 bits per heavy atom. The molecule has 146 valence electrons. The van der Waals surface area contributed by atoms with Crippen LogP contribution >= 0.6 is 11.5 Å². The van der Waals surface area contributed by atoms with Crippen molar-refractivity contribution < 1.29 is 14.0 Å². The molecule has 29 heavy (non-hydrogen) atoms. The Balaban J connectivity index is 1.48. The van der Waals surface area contributed by atoms with Crippen LogP contribution in [-0.2, 0) is 6.61 Å². The molecule has 0 aliphatic carbocycles. The lowest BCUT2D eigenvalue weighted by Gasteiger charge is -2.12. The Bertz CT molecular complexity index is 1110. The van der Waals surface area contributed by atoms with Crippen molar-refractivity contribution in [1.29, 1.82) is 0 Å². The van der Waals surface area contributed by atoms with E-state index in [2.05, 4.69) is 56.3 Å². The fraction of sp³-hybridized carbons (Fsp3) is 0.125. The normalized spacial score (nSPS) is 10.8. The standard InChI is InChI=1S/C24H21NO3S/c1-16-5-3-6-17(2)24(16)20-8-4-7-18(13-20)15-28-21-11-9-19(10-12-21)22-14-23(26)25(27)29-22/h3-14,26H,15H2,1-2H3. The van der Waals surface area contributed by atoms with E-state index >= 15 is 0 Å². The summed E-state index contributed by atoms with van der Waals surface area (Å²) in [6.07, 6.45) is 0. The second-order valence-corrected chi connectivity index (χ2v) is 7.95. The molecular formula is C24H21NO3S. The molecule has 1 N–H and O–H groups in total. The summed E-state index contributed by atoms with van der Waals surface area (Å²) in [4.78, 5) is 0.713. The van der Waals surface area contributed by atoms with Gasteiger partial charge in [-0.15, -0.1) is 0 Å². The summed E-state index contributed by atoms with van der Waals surface area (Å²) in [5.41, 5.74) is 6.96. The highest BCUT2D eigenvalue weighted by Crippen LogP contribution is 2.29. The van der Waals surface area contributed by atoms with Gasteiger partial charge in [-0.05, 0) is 77.6 Å². The molecule has 0 unspecified atom stereocenters. The first kappa shape index (κ1) is 19.0. The third-order valence-corrected chi connectivity index (χ3v) is 5.77. The predicted octanol–water partition coefficient (Wildman–Crippen LogP) is 5.62. The smallest absolute Gasteiger partial charge is 0.392 e. The lowest BCUT2D eigenvalue weighted by Crippen LogP contribution is -2.17.